The molecule has 1 unspecified atom stereocenters. The van der Waals surface area contributed by atoms with E-state index in [1.807, 2.05) is 4.90 Å². The van der Waals surface area contributed by atoms with Gasteiger partial charge < -0.3 is 9.80 Å². The van der Waals surface area contributed by atoms with E-state index in [1.165, 1.54) is 0 Å². The summed E-state index contributed by atoms with van der Waals surface area (Å²) in [5.41, 5.74) is 0.402. The van der Waals surface area contributed by atoms with Crippen molar-refractivity contribution >= 4 is 11.8 Å². The molecule has 1 atom stereocenters. The second kappa shape index (κ2) is 4.50. The Labute approximate surface area is 115 Å². The number of hydrogen-bond acceptors (Lipinski definition) is 2. The summed E-state index contributed by atoms with van der Waals surface area (Å²) in [6.07, 6.45) is 6.26. The highest BCUT2D eigenvalue weighted by Crippen LogP contribution is 2.38. The molecule has 0 aromatic heterocycles. The van der Waals surface area contributed by atoms with Crippen molar-refractivity contribution in [1.29, 1.82) is 0 Å². The van der Waals surface area contributed by atoms with Crippen LogP contribution in [0.4, 0.5) is 0 Å². The van der Waals surface area contributed by atoms with Gasteiger partial charge in [-0.05, 0) is 43.9 Å². The summed E-state index contributed by atoms with van der Waals surface area (Å²) in [5, 5.41) is 0. The Bertz CT molecular complexity index is 395. The Balaban J connectivity index is 1.71. The molecule has 2 amide bonds. The largest absolute Gasteiger partial charge is 0.329 e. The molecular formula is C15H24N2O2. The molecular weight excluding hydrogens is 240 g/mol. The Morgan fingerprint density at radius 3 is 2.42 bits per heavy atom. The molecule has 2 aliphatic heterocycles. The average Bonchev–Trinajstić information content (AvgIpc) is 2.84. The maximum Gasteiger partial charge on any atom is 0.246 e. The molecule has 0 radical (unpaired) electrons. The minimum absolute atomic E-state index is 0.142. The van der Waals surface area contributed by atoms with E-state index in [0.717, 1.165) is 45.1 Å². The molecule has 3 rings (SSSR count). The smallest absolute Gasteiger partial charge is 0.246 e. The first kappa shape index (κ1) is 12.9. The van der Waals surface area contributed by atoms with E-state index < -0.39 is 0 Å². The normalized spacial score (nSPS) is 31.8. The van der Waals surface area contributed by atoms with E-state index in [9.17, 15) is 9.59 Å². The predicted molar refractivity (Wildman–Crippen MR) is 72.5 cm³/mol. The number of carbonyl (C=O) groups excluding carboxylic acids is 2. The summed E-state index contributed by atoms with van der Waals surface area (Å²) >= 11 is 0. The molecule has 0 N–H and O–H groups in total. The quantitative estimate of drug-likeness (QED) is 0.724. The van der Waals surface area contributed by atoms with Gasteiger partial charge in [-0.1, -0.05) is 13.8 Å². The Morgan fingerprint density at radius 2 is 1.74 bits per heavy atom. The Hall–Kier alpha value is -1.06. The molecule has 0 bridgehead atoms. The molecule has 0 spiro atoms. The van der Waals surface area contributed by atoms with Crippen LogP contribution in [0.1, 0.15) is 52.4 Å². The van der Waals surface area contributed by atoms with Crippen LogP contribution in [0.3, 0.4) is 0 Å². The molecule has 1 aliphatic carbocycles. The Morgan fingerprint density at radius 1 is 1.05 bits per heavy atom. The molecule has 2 saturated heterocycles. The van der Waals surface area contributed by atoms with E-state index in [4.69, 9.17) is 0 Å². The van der Waals surface area contributed by atoms with Crippen molar-refractivity contribution in [2.45, 2.75) is 64.5 Å². The van der Waals surface area contributed by atoms with Crippen LogP contribution < -0.4 is 0 Å². The maximum atomic E-state index is 12.5. The molecule has 3 fully saturated rings. The molecule has 4 heteroatoms. The molecule has 2 heterocycles. The number of nitrogens with zero attached hydrogens (tertiary/aromatic N) is 2. The first-order valence-corrected chi connectivity index (χ1v) is 7.58. The highest BCUT2D eigenvalue weighted by molar-refractivity contribution is 5.95. The summed E-state index contributed by atoms with van der Waals surface area (Å²) in [6.45, 7) is 5.69. The third-order valence-electron chi connectivity index (χ3n) is 5.20. The van der Waals surface area contributed by atoms with Gasteiger partial charge in [0.2, 0.25) is 11.8 Å². The van der Waals surface area contributed by atoms with Gasteiger partial charge >= 0.3 is 0 Å². The second-order valence-corrected chi connectivity index (χ2v) is 7.11. The standard InChI is InChI=1S/C15H24N2O2/c1-15(2)7-5-11(6-8-15)17-10-13(18)16-9-3-4-12(16)14(17)19/h11-12H,3-10H2,1-2H3. The minimum atomic E-state index is -0.142. The van der Waals surface area contributed by atoms with Crippen LogP contribution in [0.15, 0.2) is 0 Å². The van der Waals surface area contributed by atoms with E-state index in [0.29, 0.717) is 18.0 Å². The van der Waals surface area contributed by atoms with Crippen molar-refractivity contribution in [1.82, 2.24) is 9.80 Å². The zero-order chi connectivity index (χ0) is 13.6. The van der Waals surface area contributed by atoms with Crippen molar-refractivity contribution in [2.75, 3.05) is 13.1 Å². The molecule has 19 heavy (non-hydrogen) atoms. The van der Waals surface area contributed by atoms with Crippen LogP contribution in [0.2, 0.25) is 0 Å². The molecule has 3 aliphatic rings. The number of piperazine rings is 1. The molecule has 0 aromatic rings. The topological polar surface area (TPSA) is 40.6 Å². The van der Waals surface area contributed by atoms with Gasteiger partial charge in [0.1, 0.15) is 12.6 Å². The van der Waals surface area contributed by atoms with Crippen molar-refractivity contribution < 1.29 is 9.59 Å². The monoisotopic (exact) mass is 264 g/mol. The Kier molecular flexibility index (Phi) is 3.06. The van der Waals surface area contributed by atoms with Crippen molar-refractivity contribution in [3.05, 3.63) is 0 Å². The summed E-state index contributed by atoms with van der Waals surface area (Å²) in [5.74, 6) is 0.369. The zero-order valence-electron chi connectivity index (χ0n) is 12.0. The van der Waals surface area contributed by atoms with Crippen LogP contribution in [0.5, 0.6) is 0 Å². The number of rotatable bonds is 1. The summed E-state index contributed by atoms with van der Waals surface area (Å²) in [7, 11) is 0. The fraction of sp³-hybridized carbons (Fsp3) is 0.867. The van der Waals surface area contributed by atoms with Crippen LogP contribution in [0.25, 0.3) is 0 Å². The fourth-order valence-corrected chi connectivity index (χ4v) is 3.83. The number of amides is 2. The maximum absolute atomic E-state index is 12.5. The molecule has 0 aromatic carbocycles. The van der Waals surface area contributed by atoms with Gasteiger partial charge in [-0.15, -0.1) is 0 Å². The van der Waals surface area contributed by atoms with Gasteiger partial charge in [-0.3, -0.25) is 9.59 Å². The number of fused-ring (bicyclic) bond motifs is 1. The van der Waals surface area contributed by atoms with Crippen molar-refractivity contribution in [3.8, 4) is 0 Å². The summed E-state index contributed by atoms with van der Waals surface area (Å²) in [6, 6.07) is 0.156. The molecule has 106 valence electrons. The molecule has 4 nitrogen and oxygen atoms in total. The van der Waals surface area contributed by atoms with E-state index >= 15 is 0 Å². The fourth-order valence-electron chi connectivity index (χ4n) is 3.83. The lowest BCUT2D eigenvalue weighted by Crippen LogP contribution is -2.60. The van der Waals surface area contributed by atoms with Gasteiger partial charge in [-0.2, -0.15) is 0 Å². The lowest BCUT2D eigenvalue weighted by molar-refractivity contribution is -0.156. The first-order valence-electron chi connectivity index (χ1n) is 7.58. The minimum Gasteiger partial charge on any atom is -0.329 e. The lowest BCUT2D eigenvalue weighted by Gasteiger charge is -2.44. The highest BCUT2D eigenvalue weighted by atomic mass is 16.2. The third kappa shape index (κ3) is 2.26. The predicted octanol–water partition coefficient (Wildman–Crippen LogP) is 1.79. The number of hydrogen-bond donors (Lipinski definition) is 0. The van der Waals surface area contributed by atoms with E-state index in [1.54, 1.807) is 4.90 Å². The third-order valence-corrected chi connectivity index (χ3v) is 5.20. The molecule has 1 saturated carbocycles. The SMILES string of the molecule is CC1(C)CCC(N2CC(=O)N3CCCC3C2=O)CC1. The number of carbonyl (C=O) groups is 2. The summed E-state index contributed by atoms with van der Waals surface area (Å²) in [4.78, 5) is 28.4. The van der Waals surface area contributed by atoms with Gasteiger partial charge in [-0.25, -0.2) is 0 Å². The second-order valence-electron chi connectivity index (χ2n) is 7.11. The summed E-state index contributed by atoms with van der Waals surface area (Å²) < 4.78 is 0. The van der Waals surface area contributed by atoms with Gasteiger partial charge in [0.25, 0.3) is 0 Å². The highest BCUT2D eigenvalue weighted by Gasteiger charge is 2.44. The zero-order valence-corrected chi connectivity index (χ0v) is 12.0. The van der Waals surface area contributed by atoms with Crippen LogP contribution in [0, 0.1) is 5.41 Å². The lowest BCUT2D eigenvalue weighted by atomic mass is 9.75. The average molecular weight is 264 g/mol. The van der Waals surface area contributed by atoms with Gasteiger partial charge in [0.05, 0.1) is 0 Å². The van der Waals surface area contributed by atoms with Crippen molar-refractivity contribution in [2.24, 2.45) is 5.41 Å². The van der Waals surface area contributed by atoms with Crippen LogP contribution >= 0.6 is 0 Å². The van der Waals surface area contributed by atoms with Crippen LogP contribution in [-0.2, 0) is 9.59 Å². The van der Waals surface area contributed by atoms with E-state index in [-0.39, 0.29) is 17.9 Å². The van der Waals surface area contributed by atoms with Gasteiger partial charge in [0.15, 0.2) is 0 Å². The van der Waals surface area contributed by atoms with Crippen LogP contribution in [-0.4, -0.2) is 46.8 Å². The van der Waals surface area contributed by atoms with Gasteiger partial charge in [0, 0.05) is 12.6 Å². The first-order chi connectivity index (χ1) is 8.98. The van der Waals surface area contributed by atoms with E-state index in [2.05, 4.69) is 13.8 Å². The van der Waals surface area contributed by atoms with Crippen molar-refractivity contribution in [3.63, 3.8) is 0 Å².